The smallest absolute Gasteiger partial charge is 0.112 e. The van der Waals surface area contributed by atoms with Crippen LogP contribution in [-0.2, 0) is 5.60 Å². The van der Waals surface area contributed by atoms with Gasteiger partial charge in [-0.25, -0.2) is 0 Å². The van der Waals surface area contributed by atoms with Crippen LogP contribution in [0.15, 0.2) is 48.5 Å². The Kier molecular flexibility index (Phi) is 4.31. The second kappa shape index (κ2) is 5.63. The van der Waals surface area contributed by atoms with Crippen LogP contribution in [0, 0.1) is 3.57 Å². The summed E-state index contributed by atoms with van der Waals surface area (Å²) in [5, 5.41) is 10.8. The lowest BCUT2D eigenvalue weighted by atomic mass is 9.87. The number of benzene rings is 2. The van der Waals surface area contributed by atoms with Gasteiger partial charge >= 0.3 is 0 Å². The number of aliphatic hydroxyl groups is 1. The lowest BCUT2D eigenvalue weighted by Gasteiger charge is -2.25. The zero-order valence-corrected chi connectivity index (χ0v) is 13.7. The minimum atomic E-state index is -0.945. The van der Waals surface area contributed by atoms with E-state index in [2.05, 4.69) is 48.6 Å². The van der Waals surface area contributed by atoms with E-state index in [1.54, 1.807) is 0 Å². The van der Waals surface area contributed by atoms with E-state index in [1.165, 1.54) is 9.13 Å². The van der Waals surface area contributed by atoms with Crippen LogP contribution >= 0.6 is 22.6 Å². The summed E-state index contributed by atoms with van der Waals surface area (Å²) in [5.41, 5.74) is 2.20. The van der Waals surface area contributed by atoms with E-state index in [9.17, 15) is 5.11 Å². The minimum absolute atomic E-state index is 0.511. The maximum absolute atomic E-state index is 10.8. The third kappa shape index (κ3) is 3.18. The Hall–Kier alpha value is -0.870. The standard InChI is InChI=1S/C17H19IO/c1-12(2)13-4-6-14(7-5-13)17(3,19)15-8-10-16(18)11-9-15/h4-12,19H,1-3H3. The van der Waals surface area contributed by atoms with Gasteiger partial charge in [0.25, 0.3) is 0 Å². The fraction of sp³-hybridized carbons (Fsp3) is 0.294. The first-order valence-corrected chi connectivity index (χ1v) is 7.58. The Balaban J connectivity index is 2.35. The van der Waals surface area contributed by atoms with Gasteiger partial charge in [0, 0.05) is 3.57 Å². The van der Waals surface area contributed by atoms with Crippen LogP contribution in [0.5, 0.6) is 0 Å². The van der Waals surface area contributed by atoms with Crippen LogP contribution in [0.25, 0.3) is 0 Å². The molecule has 2 aromatic carbocycles. The van der Waals surface area contributed by atoms with Gasteiger partial charge in [0.1, 0.15) is 5.60 Å². The van der Waals surface area contributed by atoms with E-state index in [1.807, 2.05) is 43.3 Å². The van der Waals surface area contributed by atoms with E-state index >= 15 is 0 Å². The Morgan fingerprint density at radius 1 is 0.895 bits per heavy atom. The molecule has 2 rings (SSSR count). The molecule has 0 spiro atoms. The molecule has 0 bridgehead atoms. The summed E-state index contributed by atoms with van der Waals surface area (Å²) in [5.74, 6) is 0.511. The Bertz CT molecular complexity index is 538. The maximum Gasteiger partial charge on any atom is 0.112 e. The molecule has 0 aliphatic rings. The van der Waals surface area contributed by atoms with E-state index in [-0.39, 0.29) is 0 Å². The van der Waals surface area contributed by atoms with Crippen molar-refractivity contribution in [1.82, 2.24) is 0 Å². The van der Waals surface area contributed by atoms with Gasteiger partial charge in [0.15, 0.2) is 0 Å². The quantitative estimate of drug-likeness (QED) is 0.783. The molecule has 0 saturated carbocycles. The number of halogens is 1. The highest BCUT2D eigenvalue weighted by Gasteiger charge is 2.25. The summed E-state index contributed by atoms with van der Waals surface area (Å²) in [6, 6.07) is 16.2. The first-order chi connectivity index (χ1) is 8.91. The predicted molar refractivity (Wildman–Crippen MR) is 88.4 cm³/mol. The fourth-order valence-electron chi connectivity index (χ4n) is 2.13. The molecule has 1 atom stereocenters. The molecule has 0 heterocycles. The summed E-state index contributed by atoms with van der Waals surface area (Å²) < 4.78 is 1.17. The van der Waals surface area contributed by atoms with Crippen LogP contribution < -0.4 is 0 Å². The van der Waals surface area contributed by atoms with Gasteiger partial charge < -0.3 is 5.11 Å². The number of rotatable bonds is 3. The third-order valence-corrected chi connectivity index (χ3v) is 4.26. The Morgan fingerprint density at radius 3 is 1.74 bits per heavy atom. The second-order valence-electron chi connectivity index (χ2n) is 5.36. The SMILES string of the molecule is CC(C)c1ccc(C(C)(O)c2ccc(I)cc2)cc1. The number of hydrogen-bond acceptors (Lipinski definition) is 1. The van der Waals surface area contributed by atoms with Crippen LogP contribution in [0.1, 0.15) is 43.4 Å². The summed E-state index contributed by atoms with van der Waals surface area (Å²) in [4.78, 5) is 0. The van der Waals surface area contributed by atoms with Gasteiger partial charge in [-0.05, 0) is 64.3 Å². The largest absolute Gasteiger partial charge is 0.381 e. The predicted octanol–water partition coefficient (Wildman–Crippen LogP) is 4.67. The van der Waals surface area contributed by atoms with Crippen LogP contribution in [0.3, 0.4) is 0 Å². The lowest BCUT2D eigenvalue weighted by Crippen LogP contribution is -2.22. The Morgan fingerprint density at radius 2 is 1.32 bits per heavy atom. The van der Waals surface area contributed by atoms with Crippen molar-refractivity contribution >= 4 is 22.6 Å². The molecule has 1 N–H and O–H groups in total. The van der Waals surface area contributed by atoms with Gasteiger partial charge in [-0.1, -0.05) is 50.2 Å². The van der Waals surface area contributed by atoms with Gasteiger partial charge in [-0.2, -0.15) is 0 Å². The second-order valence-corrected chi connectivity index (χ2v) is 6.60. The molecule has 0 fully saturated rings. The Labute approximate surface area is 128 Å². The first kappa shape index (κ1) is 14.5. The van der Waals surface area contributed by atoms with Crippen molar-refractivity contribution in [2.24, 2.45) is 0 Å². The average molecular weight is 366 g/mol. The van der Waals surface area contributed by atoms with Crippen molar-refractivity contribution in [3.8, 4) is 0 Å². The molecule has 100 valence electrons. The number of hydrogen-bond donors (Lipinski definition) is 1. The fourth-order valence-corrected chi connectivity index (χ4v) is 2.49. The molecule has 0 aromatic heterocycles. The molecule has 0 radical (unpaired) electrons. The summed E-state index contributed by atoms with van der Waals surface area (Å²) in [7, 11) is 0. The van der Waals surface area contributed by atoms with E-state index in [0.29, 0.717) is 5.92 Å². The summed E-state index contributed by atoms with van der Waals surface area (Å²) in [6.45, 7) is 6.19. The van der Waals surface area contributed by atoms with Crippen LogP contribution in [0.4, 0.5) is 0 Å². The molecule has 0 aliphatic carbocycles. The molecule has 2 heteroatoms. The van der Waals surface area contributed by atoms with Gasteiger partial charge in [0.05, 0.1) is 0 Å². The monoisotopic (exact) mass is 366 g/mol. The zero-order chi connectivity index (χ0) is 14.0. The first-order valence-electron chi connectivity index (χ1n) is 6.50. The van der Waals surface area contributed by atoms with E-state index in [0.717, 1.165) is 11.1 Å². The molecular weight excluding hydrogens is 347 g/mol. The van der Waals surface area contributed by atoms with Crippen molar-refractivity contribution < 1.29 is 5.11 Å². The highest BCUT2D eigenvalue weighted by atomic mass is 127. The summed E-state index contributed by atoms with van der Waals surface area (Å²) >= 11 is 2.27. The average Bonchev–Trinajstić information content (AvgIpc) is 2.39. The van der Waals surface area contributed by atoms with E-state index < -0.39 is 5.60 Å². The normalized spacial score (nSPS) is 14.4. The van der Waals surface area contributed by atoms with Gasteiger partial charge in [-0.15, -0.1) is 0 Å². The van der Waals surface area contributed by atoms with Crippen molar-refractivity contribution in [2.75, 3.05) is 0 Å². The van der Waals surface area contributed by atoms with Crippen LogP contribution in [0.2, 0.25) is 0 Å². The lowest BCUT2D eigenvalue weighted by molar-refractivity contribution is 0.102. The molecule has 1 nitrogen and oxygen atoms in total. The molecule has 0 amide bonds. The van der Waals surface area contributed by atoms with Crippen LogP contribution in [-0.4, -0.2) is 5.11 Å². The van der Waals surface area contributed by atoms with Crippen molar-refractivity contribution in [2.45, 2.75) is 32.3 Å². The highest BCUT2D eigenvalue weighted by Crippen LogP contribution is 2.30. The third-order valence-electron chi connectivity index (χ3n) is 3.55. The van der Waals surface area contributed by atoms with Crippen molar-refractivity contribution in [3.05, 3.63) is 68.8 Å². The minimum Gasteiger partial charge on any atom is -0.381 e. The zero-order valence-electron chi connectivity index (χ0n) is 11.5. The molecule has 1 unspecified atom stereocenters. The van der Waals surface area contributed by atoms with Gasteiger partial charge in [-0.3, -0.25) is 0 Å². The molecule has 19 heavy (non-hydrogen) atoms. The topological polar surface area (TPSA) is 20.2 Å². The van der Waals surface area contributed by atoms with Gasteiger partial charge in [0.2, 0.25) is 0 Å². The van der Waals surface area contributed by atoms with Crippen molar-refractivity contribution in [1.29, 1.82) is 0 Å². The maximum atomic E-state index is 10.8. The molecular formula is C17H19IO. The molecule has 2 aromatic rings. The molecule has 0 saturated heterocycles. The van der Waals surface area contributed by atoms with Crippen molar-refractivity contribution in [3.63, 3.8) is 0 Å². The van der Waals surface area contributed by atoms with E-state index in [4.69, 9.17) is 0 Å². The summed E-state index contributed by atoms with van der Waals surface area (Å²) in [6.07, 6.45) is 0. The molecule has 0 aliphatic heterocycles. The highest BCUT2D eigenvalue weighted by molar-refractivity contribution is 14.1.